The first-order valence-electron chi connectivity index (χ1n) is 9.72. The molecule has 0 spiro atoms. The maximum Gasteiger partial charge on any atom is 0.231 e. The number of carbonyl (C=O) groups excluding carboxylic acids is 1. The number of hydrogen-bond donors (Lipinski definition) is 1. The fourth-order valence-corrected chi connectivity index (χ4v) is 5.65. The van der Waals surface area contributed by atoms with Crippen molar-refractivity contribution in [2.75, 3.05) is 18.3 Å². The first kappa shape index (κ1) is 19.8. The van der Waals surface area contributed by atoms with E-state index in [1.165, 1.54) is 0 Å². The Morgan fingerprint density at radius 3 is 2.83 bits per heavy atom. The van der Waals surface area contributed by atoms with Gasteiger partial charge in [-0.2, -0.15) is 5.10 Å². The highest BCUT2D eigenvalue weighted by atomic mass is 32.2. The summed E-state index contributed by atoms with van der Waals surface area (Å²) in [6, 6.07) is 5.51. The molecule has 1 atom stereocenters. The Labute approximate surface area is 170 Å². The van der Waals surface area contributed by atoms with E-state index in [9.17, 15) is 13.2 Å². The summed E-state index contributed by atoms with van der Waals surface area (Å²) in [5, 5.41) is 7.49. The summed E-state index contributed by atoms with van der Waals surface area (Å²) in [4.78, 5) is 12.3. The second kappa shape index (κ2) is 7.70. The average molecular weight is 420 g/mol. The summed E-state index contributed by atoms with van der Waals surface area (Å²) in [6.45, 7) is 4.51. The van der Waals surface area contributed by atoms with Crippen LogP contribution in [-0.2, 0) is 27.6 Å². The number of rotatable bonds is 6. The minimum Gasteiger partial charge on any atom is -0.454 e. The van der Waals surface area contributed by atoms with Crippen LogP contribution in [0.4, 0.5) is 0 Å². The molecule has 2 aliphatic rings. The first-order chi connectivity index (χ1) is 13.8. The standard InChI is InChI=1S/C20H25N3O5S/c1-13-17(14(2)23(22-13)16-7-8-29(25,26)11-16)4-6-20(24)21-10-15-3-5-18-19(9-15)28-12-27-18/h3,5,9,16H,4,6-8,10-12H2,1-2H3,(H,21,24)/t16-/m1/s1. The third-order valence-electron chi connectivity index (χ3n) is 5.56. The summed E-state index contributed by atoms with van der Waals surface area (Å²) in [5.41, 5.74) is 3.78. The predicted octanol–water partition coefficient (Wildman–Crippen LogP) is 1.84. The highest BCUT2D eigenvalue weighted by molar-refractivity contribution is 7.91. The lowest BCUT2D eigenvalue weighted by Gasteiger charge is -2.11. The molecule has 4 rings (SSSR count). The quantitative estimate of drug-likeness (QED) is 0.767. The van der Waals surface area contributed by atoms with Crippen LogP contribution in [0.2, 0.25) is 0 Å². The molecule has 9 heteroatoms. The Morgan fingerprint density at radius 2 is 2.07 bits per heavy atom. The third-order valence-corrected chi connectivity index (χ3v) is 7.31. The van der Waals surface area contributed by atoms with Crippen molar-refractivity contribution >= 4 is 15.7 Å². The summed E-state index contributed by atoms with van der Waals surface area (Å²) >= 11 is 0. The lowest BCUT2D eigenvalue weighted by atomic mass is 10.1. The van der Waals surface area contributed by atoms with Gasteiger partial charge < -0.3 is 14.8 Å². The zero-order valence-electron chi connectivity index (χ0n) is 16.6. The number of fused-ring (bicyclic) bond motifs is 1. The number of carbonyl (C=O) groups is 1. The van der Waals surface area contributed by atoms with Crippen molar-refractivity contribution in [1.29, 1.82) is 0 Å². The largest absolute Gasteiger partial charge is 0.454 e. The van der Waals surface area contributed by atoms with Crippen LogP contribution < -0.4 is 14.8 Å². The van der Waals surface area contributed by atoms with E-state index in [2.05, 4.69) is 10.4 Å². The van der Waals surface area contributed by atoms with Gasteiger partial charge in [-0.05, 0) is 49.9 Å². The van der Waals surface area contributed by atoms with E-state index in [1.54, 1.807) is 0 Å². The maximum atomic E-state index is 12.3. The van der Waals surface area contributed by atoms with Gasteiger partial charge in [-0.25, -0.2) is 8.42 Å². The van der Waals surface area contributed by atoms with Crippen molar-refractivity contribution < 1.29 is 22.7 Å². The highest BCUT2D eigenvalue weighted by Gasteiger charge is 2.31. The van der Waals surface area contributed by atoms with Gasteiger partial charge in [0.05, 0.1) is 23.2 Å². The van der Waals surface area contributed by atoms with E-state index < -0.39 is 9.84 Å². The lowest BCUT2D eigenvalue weighted by Crippen LogP contribution is -2.23. The SMILES string of the molecule is Cc1nn([C@@H]2CCS(=O)(=O)C2)c(C)c1CCC(=O)NCc1ccc2c(c1)OCO2. The van der Waals surface area contributed by atoms with Crippen LogP contribution in [0.1, 0.15) is 41.4 Å². The van der Waals surface area contributed by atoms with E-state index in [0.717, 1.165) is 28.3 Å². The average Bonchev–Trinajstić information content (AvgIpc) is 3.36. The summed E-state index contributed by atoms with van der Waals surface area (Å²) in [5.74, 6) is 1.73. The Bertz CT molecular complexity index is 1040. The van der Waals surface area contributed by atoms with Crippen LogP contribution in [0, 0.1) is 13.8 Å². The molecule has 3 heterocycles. The van der Waals surface area contributed by atoms with Crippen LogP contribution in [-0.4, -0.2) is 42.4 Å². The molecule has 8 nitrogen and oxygen atoms in total. The van der Waals surface area contributed by atoms with Gasteiger partial charge in [-0.15, -0.1) is 0 Å². The van der Waals surface area contributed by atoms with Gasteiger partial charge in [0, 0.05) is 18.7 Å². The molecule has 156 valence electrons. The molecular weight excluding hydrogens is 394 g/mol. The number of nitrogens with zero attached hydrogens (tertiary/aromatic N) is 2. The Balaban J connectivity index is 1.33. The second-order valence-corrected chi connectivity index (χ2v) is 9.84. The molecule has 1 N–H and O–H groups in total. The summed E-state index contributed by atoms with van der Waals surface area (Å²) < 4.78 is 36.0. The molecule has 0 unspecified atom stereocenters. The van der Waals surface area contributed by atoms with E-state index >= 15 is 0 Å². The number of nitrogens with one attached hydrogen (secondary N) is 1. The third kappa shape index (κ3) is 4.24. The minimum absolute atomic E-state index is 0.0438. The van der Waals surface area contributed by atoms with E-state index in [0.29, 0.717) is 31.6 Å². The molecule has 29 heavy (non-hydrogen) atoms. The Kier molecular flexibility index (Phi) is 5.24. The minimum atomic E-state index is -2.97. The number of ether oxygens (including phenoxy) is 2. The molecule has 0 radical (unpaired) electrons. The summed E-state index contributed by atoms with van der Waals surface area (Å²) in [6.07, 6.45) is 1.52. The van der Waals surface area contributed by atoms with E-state index in [1.807, 2.05) is 36.7 Å². The molecule has 0 bridgehead atoms. The van der Waals surface area contributed by atoms with E-state index in [-0.39, 0.29) is 30.2 Å². The van der Waals surface area contributed by atoms with Crippen LogP contribution in [0.25, 0.3) is 0 Å². The smallest absolute Gasteiger partial charge is 0.231 e. The van der Waals surface area contributed by atoms with Gasteiger partial charge in [0.2, 0.25) is 12.7 Å². The highest BCUT2D eigenvalue weighted by Crippen LogP contribution is 2.32. The number of hydrogen-bond acceptors (Lipinski definition) is 6. The number of aryl methyl sites for hydroxylation is 1. The van der Waals surface area contributed by atoms with Crippen LogP contribution in [0.5, 0.6) is 11.5 Å². The first-order valence-corrected chi connectivity index (χ1v) is 11.5. The Morgan fingerprint density at radius 1 is 1.28 bits per heavy atom. The van der Waals surface area contributed by atoms with Gasteiger partial charge in [-0.1, -0.05) is 6.07 Å². The van der Waals surface area contributed by atoms with Gasteiger partial charge in [0.25, 0.3) is 0 Å². The van der Waals surface area contributed by atoms with Gasteiger partial charge in [0.15, 0.2) is 21.3 Å². The fourth-order valence-electron chi connectivity index (χ4n) is 3.96. The van der Waals surface area contributed by atoms with E-state index in [4.69, 9.17) is 9.47 Å². The van der Waals surface area contributed by atoms with Crippen LogP contribution in [0.15, 0.2) is 18.2 Å². The van der Waals surface area contributed by atoms with Crippen molar-refractivity contribution in [1.82, 2.24) is 15.1 Å². The molecule has 1 amide bonds. The molecule has 1 aromatic heterocycles. The number of sulfone groups is 1. The maximum absolute atomic E-state index is 12.3. The van der Waals surface area contributed by atoms with Crippen molar-refractivity contribution in [3.63, 3.8) is 0 Å². The molecule has 1 fully saturated rings. The van der Waals surface area contributed by atoms with Gasteiger partial charge in [0.1, 0.15) is 0 Å². The van der Waals surface area contributed by atoms with Crippen molar-refractivity contribution in [2.45, 2.75) is 45.7 Å². The molecule has 0 saturated carbocycles. The number of aromatic nitrogens is 2. The molecule has 1 saturated heterocycles. The molecule has 0 aliphatic carbocycles. The van der Waals surface area contributed by atoms with Gasteiger partial charge >= 0.3 is 0 Å². The summed E-state index contributed by atoms with van der Waals surface area (Å²) in [7, 11) is -2.97. The van der Waals surface area contributed by atoms with Gasteiger partial charge in [-0.3, -0.25) is 9.48 Å². The Hall–Kier alpha value is -2.55. The monoisotopic (exact) mass is 419 g/mol. The molecule has 2 aromatic rings. The van der Waals surface area contributed by atoms with Crippen molar-refractivity contribution in [3.05, 3.63) is 40.7 Å². The van der Waals surface area contributed by atoms with Crippen LogP contribution >= 0.6 is 0 Å². The predicted molar refractivity (Wildman–Crippen MR) is 107 cm³/mol. The van der Waals surface area contributed by atoms with Crippen LogP contribution in [0.3, 0.4) is 0 Å². The zero-order valence-corrected chi connectivity index (χ0v) is 17.4. The number of benzene rings is 1. The lowest BCUT2D eigenvalue weighted by molar-refractivity contribution is -0.121. The topological polar surface area (TPSA) is 99.5 Å². The fraction of sp³-hybridized carbons (Fsp3) is 0.500. The molecule has 1 aromatic carbocycles. The number of amides is 1. The zero-order chi connectivity index (χ0) is 20.6. The normalized spacial score (nSPS) is 19.4. The molecule has 2 aliphatic heterocycles. The molecular formula is C20H25N3O5S. The second-order valence-electron chi connectivity index (χ2n) is 7.62. The van der Waals surface area contributed by atoms with Crippen molar-refractivity contribution in [2.24, 2.45) is 0 Å². The van der Waals surface area contributed by atoms with Crippen molar-refractivity contribution in [3.8, 4) is 11.5 Å².